The number of anilines is 3. The van der Waals surface area contributed by atoms with Gasteiger partial charge in [-0.1, -0.05) is 23.2 Å². The lowest BCUT2D eigenvalue weighted by molar-refractivity contribution is 0.266. The Labute approximate surface area is 124 Å². The first-order valence-corrected chi connectivity index (χ1v) is 6.47. The molecule has 0 aliphatic heterocycles. The van der Waals surface area contributed by atoms with Gasteiger partial charge in [0.25, 0.3) is 5.56 Å². The van der Waals surface area contributed by atoms with Crippen molar-refractivity contribution in [3.05, 3.63) is 44.8 Å². The standard InChI is InChI=1S/C12H12Cl2N4O2/c13-8-2-1-7(15)5-9(8)17-10-6-16-18(3-4-19)12(20)11(10)14/h1-2,5-6,17,19H,3-4,15H2. The zero-order valence-electron chi connectivity index (χ0n) is 10.3. The number of halogens is 2. The van der Waals surface area contributed by atoms with Crippen molar-refractivity contribution in [1.29, 1.82) is 0 Å². The quantitative estimate of drug-likeness (QED) is 0.749. The van der Waals surface area contributed by atoms with Crippen LogP contribution in [0.5, 0.6) is 0 Å². The lowest BCUT2D eigenvalue weighted by atomic mass is 10.2. The number of aliphatic hydroxyl groups excluding tert-OH is 1. The maximum atomic E-state index is 11.9. The third kappa shape index (κ3) is 3.04. The van der Waals surface area contributed by atoms with Gasteiger partial charge in [0.15, 0.2) is 0 Å². The number of benzene rings is 1. The minimum absolute atomic E-state index is 0.0352. The van der Waals surface area contributed by atoms with Crippen LogP contribution in [0.2, 0.25) is 10.0 Å². The highest BCUT2D eigenvalue weighted by Gasteiger charge is 2.10. The molecule has 1 aromatic carbocycles. The number of rotatable bonds is 4. The summed E-state index contributed by atoms with van der Waals surface area (Å²) in [6.45, 7) is -0.116. The van der Waals surface area contributed by atoms with Gasteiger partial charge in [-0.05, 0) is 18.2 Å². The molecule has 1 heterocycles. The summed E-state index contributed by atoms with van der Waals surface area (Å²) in [6.07, 6.45) is 1.39. The summed E-state index contributed by atoms with van der Waals surface area (Å²) >= 11 is 12.0. The summed E-state index contributed by atoms with van der Waals surface area (Å²) in [5.74, 6) is 0. The van der Waals surface area contributed by atoms with Crippen molar-refractivity contribution in [2.75, 3.05) is 17.7 Å². The van der Waals surface area contributed by atoms with E-state index in [0.717, 1.165) is 4.68 Å². The maximum Gasteiger partial charge on any atom is 0.287 e. The van der Waals surface area contributed by atoms with E-state index < -0.39 is 5.56 Å². The molecule has 0 fully saturated rings. The first-order valence-electron chi connectivity index (χ1n) is 5.71. The molecule has 106 valence electrons. The van der Waals surface area contributed by atoms with Gasteiger partial charge in [-0.25, -0.2) is 4.68 Å². The molecular formula is C12H12Cl2N4O2. The van der Waals surface area contributed by atoms with Crippen molar-refractivity contribution >= 4 is 40.3 Å². The lowest BCUT2D eigenvalue weighted by Gasteiger charge is -2.11. The minimum atomic E-state index is -0.495. The third-order valence-corrected chi connectivity index (χ3v) is 3.25. The van der Waals surface area contributed by atoms with E-state index in [1.807, 2.05) is 0 Å². The number of aliphatic hydroxyl groups is 1. The molecule has 8 heteroatoms. The molecule has 0 bridgehead atoms. The molecule has 0 radical (unpaired) electrons. The van der Waals surface area contributed by atoms with Gasteiger partial charge in [-0.15, -0.1) is 0 Å². The minimum Gasteiger partial charge on any atom is -0.399 e. The Morgan fingerprint density at radius 1 is 1.35 bits per heavy atom. The van der Waals surface area contributed by atoms with Crippen LogP contribution >= 0.6 is 23.2 Å². The number of hydrogen-bond acceptors (Lipinski definition) is 5. The summed E-state index contributed by atoms with van der Waals surface area (Å²) < 4.78 is 1.08. The van der Waals surface area contributed by atoms with Crippen molar-refractivity contribution in [3.63, 3.8) is 0 Å². The second-order valence-electron chi connectivity index (χ2n) is 3.99. The fourth-order valence-corrected chi connectivity index (χ4v) is 1.95. The predicted octanol–water partition coefficient (Wildman–Crippen LogP) is 1.87. The van der Waals surface area contributed by atoms with Crippen LogP contribution in [-0.4, -0.2) is 21.5 Å². The Balaban J connectivity index is 2.37. The first kappa shape index (κ1) is 14.6. The summed E-state index contributed by atoms with van der Waals surface area (Å²) in [7, 11) is 0. The highest BCUT2D eigenvalue weighted by atomic mass is 35.5. The molecule has 20 heavy (non-hydrogen) atoms. The van der Waals surface area contributed by atoms with Gasteiger partial charge in [-0.2, -0.15) is 5.10 Å². The van der Waals surface area contributed by atoms with Crippen LogP contribution < -0.4 is 16.6 Å². The molecule has 2 rings (SSSR count). The second-order valence-corrected chi connectivity index (χ2v) is 4.77. The van der Waals surface area contributed by atoms with Crippen molar-refractivity contribution in [2.24, 2.45) is 0 Å². The average Bonchev–Trinajstić information content (AvgIpc) is 2.42. The van der Waals surface area contributed by atoms with Crippen LogP contribution in [-0.2, 0) is 6.54 Å². The highest BCUT2D eigenvalue weighted by molar-refractivity contribution is 6.34. The summed E-state index contributed by atoms with van der Waals surface area (Å²) in [5, 5.41) is 16.0. The fraction of sp³-hybridized carbons (Fsp3) is 0.167. The van der Waals surface area contributed by atoms with Gasteiger partial charge in [0, 0.05) is 5.69 Å². The van der Waals surface area contributed by atoms with Crippen LogP contribution in [0.1, 0.15) is 0 Å². The Bertz CT molecular complexity index is 688. The normalized spacial score (nSPS) is 10.6. The summed E-state index contributed by atoms with van der Waals surface area (Å²) in [5.41, 5.74) is 6.54. The van der Waals surface area contributed by atoms with E-state index in [1.165, 1.54) is 6.20 Å². The van der Waals surface area contributed by atoms with Crippen molar-refractivity contribution in [2.45, 2.75) is 6.54 Å². The topological polar surface area (TPSA) is 93.2 Å². The molecule has 0 saturated carbocycles. The monoisotopic (exact) mass is 314 g/mol. The number of nitrogens with zero attached hydrogens (tertiary/aromatic N) is 2. The molecular weight excluding hydrogens is 303 g/mol. The van der Waals surface area contributed by atoms with Gasteiger partial charge in [0.05, 0.1) is 35.7 Å². The van der Waals surface area contributed by atoms with Crippen LogP contribution in [0.3, 0.4) is 0 Å². The lowest BCUT2D eigenvalue weighted by Crippen LogP contribution is -2.25. The van der Waals surface area contributed by atoms with Gasteiger partial charge in [0.1, 0.15) is 5.02 Å². The molecule has 0 unspecified atom stereocenters. The van der Waals surface area contributed by atoms with E-state index in [0.29, 0.717) is 22.1 Å². The molecule has 2 aromatic rings. The van der Waals surface area contributed by atoms with E-state index >= 15 is 0 Å². The number of nitrogens with two attached hydrogens (primary N) is 1. The number of nitrogen functional groups attached to an aromatic ring is 1. The summed E-state index contributed by atoms with van der Waals surface area (Å²) in [4.78, 5) is 11.9. The highest BCUT2D eigenvalue weighted by Crippen LogP contribution is 2.29. The smallest absolute Gasteiger partial charge is 0.287 e. The van der Waals surface area contributed by atoms with Crippen LogP contribution in [0.15, 0.2) is 29.2 Å². The van der Waals surface area contributed by atoms with E-state index in [9.17, 15) is 4.79 Å². The van der Waals surface area contributed by atoms with Crippen molar-refractivity contribution in [1.82, 2.24) is 9.78 Å². The molecule has 0 aliphatic carbocycles. The molecule has 1 aromatic heterocycles. The second kappa shape index (κ2) is 6.13. The van der Waals surface area contributed by atoms with E-state index in [4.69, 9.17) is 34.0 Å². The summed E-state index contributed by atoms with van der Waals surface area (Å²) in [6, 6.07) is 4.91. The average molecular weight is 315 g/mol. The maximum absolute atomic E-state index is 11.9. The molecule has 6 nitrogen and oxygen atoms in total. The number of aromatic nitrogens is 2. The molecule has 0 saturated heterocycles. The van der Waals surface area contributed by atoms with Gasteiger partial charge in [0.2, 0.25) is 0 Å². The fourth-order valence-electron chi connectivity index (χ4n) is 1.59. The van der Waals surface area contributed by atoms with E-state index in [2.05, 4.69) is 10.4 Å². The van der Waals surface area contributed by atoms with Crippen LogP contribution in [0, 0.1) is 0 Å². The van der Waals surface area contributed by atoms with Crippen LogP contribution in [0.4, 0.5) is 17.1 Å². The molecule has 0 atom stereocenters. The third-order valence-electron chi connectivity index (χ3n) is 2.56. The Kier molecular flexibility index (Phi) is 4.49. The van der Waals surface area contributed by atoms with Gasteiger partial charge >= 0.3 is 0 Å². The predicted molar refractivity (Wildman–Crippen MR) is 79.7 cm³/mol. The van der Waals surface area contributed by atoms with Gasteiger partial charge < -0.3 is 16.2 Å². The van der Waals surface area contributed by atoms with E-state index in [-0.39, 0.29) is 18.2 Å². The zero-order chi connectivity index (χ0) is 14.7. The Morgan fingerprint density at radius 2 is 2.10 bits per heavy atom. The van der Waals surface area contributed by atoms with Crippen molar-refractivity contribution in [3.8, 4) is 0 Å². The van der Waals surface area contributed by atoms with Gasteiger partial charge in [-0.3, -0.25) is 4.79 Å². The molecule has 0 amide bonds. The Morgan fingerprint density at radius 3 is 2.80 bits per heavy atom. The first-order chi connectivity index (χ1) is 9.52. The molecule has 0 aliphatic rings. The zero-order valence-corrected chi connectivity index (χ0v) is 11.8. The SMILES string of the molecule is Nc1ccc(Cl)c(Nc2cnn(CCO)c(=O)c2Cl)c1. The van der Waals surface area contributed by atoms with Crippen LogP contribution in [0.25, 0.3) is 0 Å². The van der Waals surface area contributed by atoms with Crippen molar-refractivity contribution < 1.29 is 5.11 Å². The van der Waals surface area contributed by atoms with E-state index in [1.54, 1.807) is 18.2 Å². The molecule has 0 spiro atoms. The largest absolute Gasteiger partial charge is 0.399 e. The number of hydrogen-bond donors (Lipinski definition) is 3. The Hall–Kier alpha value is -1.76. The molecule has 4 N–H and O–H groups in total. The number of nitrogens with one attached hydrogen (secondary N) is 1.